The lowest BCUT2D eigenvalue weighted by Crippen LogP contribution is -2.51. The van der Waals surface area contributed by atoms with Gasteiger partial charge in [0.1, 0.15) is 0 Å². The molecule has 2 aliphatic heterocycles. The van der Waals surface area contributed by atoms with Crippen LogP contribution >= 0.6 is 0 Å². The van der Waals surface area contributed by atoms with E-state index in [1.54, 1.807) is 4.90 Å². The molecule has 0 bridgehead atoms. The molecule has 2 aliphatic rings. The molecule has 0 aliphatic carbocycles. The van der Waals surface area contributed by atoms with Crippen LogP contribution in [0.3, 0.4) is 0 Å². The molecule has 3 heterocycles. The second kappa shape index (κ2) is 7.79. The van der Waals surface area contributed by atoms with E-state index in [9.17, 15) is 9.59 Å². The summed E-state index contributed by atoms with van der Waals surface area (Å²) in [5.41, 5.74) is 3.47. The number of aromatic nitrogens is 2. The first-order valence-electron chi connectivity index (χ1n) is 9.35. The van der Waals surface area contributed by atoms with Gasteiger partial charge >= 0.3 is 0 Å². The lowest BCUT2D eigenvalue weighted by molar-refractivity contribution is -0.130. The third-order valence-electron chi connectivity index (χ3n) is 5.18. The summed E-state index contributed by atoms with van der Waals surface area (Å²) in [4.78, 5) is 28.9. The van der Waals surface area contributed by atoms with E-state index in [0.29, 0.717) is 25.3 Å². The molecule has 4 rings (SSSR count). The van der Waals surface area contributed by atoms with Crippen LogP contribution in [0.5, 0.6) is 0 Å². The lowest BCUT2D eigenvalue weighted by atomic mass is 10.1. The van der Waals surface area contributed by atoms with Crippen LogP contribution < -0.4 is 15.5 Å². The van der Waals surface area contributed by atoms with Crippen LogP contribution in [0, 0.1) is 0 Å². The summed E-state index contributed by atoms with van der Waals surface area (Å²) in [7, 11) is 0. The van der Waals surface area contributed by atoms with E-state index in [4.69, 9.17) is 0 Å². The van der Waals surface area contributed by atoms with Crippen molar-refractivity contribution in [3.63, 3.8) is 0 Å². The normalized spacial score (nSPS) is 16.7. The number of benzene rings is 1. The molecule has 8 heteroatoms. The van der Waals surface area contributed by atoms with Crippen molar-refractivity contribution in [3.05, 3.63) is 47.3 Å². The summed E-state index contributed by atoms with van der Waals surface area (Å²) in [5, 5.41) is 13.0. The highest BCUT2D eigenvalue weighted by Gasteiger charge is 2.24. The van der Waals surface area contributed by atoms with Gasteiger partial charge in [-0.25, -0.2) is 0 Å². The predicted molar refractivity (Wildman–Crippen MR) is 102 cm³/mol. The summed E-state index contributed by atoms with van der Waals surface area (Å²) in [5.74, 6) is -0.355. The van der Waals surface area contributed by atoms with Gasteiger partial charge in [-0.3, -0.25) is 14.7 Å². The van der Waals surface area contributed by atoms with Crippen molar-refractivity contribution in [2.24, 2.45) is 0 Å². The van der Waals surface area contributed by atoms with Crippen molar-refractivity contribution in [3.8, 4) is 0 Å². The number of para-hydroxylation sites is 1. The highest BCUT2D eigenvalue weighted by atomic mass is 16.2. The number of nitrogens with zero attached hydrogens (tertiary/aromatic N) is 3. The second-order valence-corrected chi connectivity index (χ2v) is 6.84. The van der Waals surface area contributed by atoms with Crippen LogP contribution in [-0.2, 0) is 17.8 Å². The summed E-state index contributed by atoms with van der Waals surface area (Å²) < 4.78 is 0. The first-order chi connectivity index (χ1) is 13.2. The van der Waals surface area contributed by atoms with Crippen molar-refractivity contribution in [1.29, 1.82) is 0 Å². The van der Waals surface area contributed by atoms with Crippen molar-refractivity contribution >= 4 is 17.5 Å². The number of anilines is 1. The molecule has 27 heavy (non-hydrogen) atoms. The Morgan fingerprint density at radius 1 is 1.11 bits per heavy atom. The molecule has 2 aromatic rings. The third-order valence-corrected chi connectivity index (χ3v) is 5.18. The molecule has 0 radical (unpaired) electrons. The van der Waals surface area contributed by atoms with E-state index in [1.807, 2.05) is 18.2 Å². The van der Waals surface area contributed by atoms with Gasteiger partial charge < -0.3 is 20.4 Å². The maximum Gasteiger partial charge on any atom is 0.272 e. The number of rotatable bonds is 4. The van der Waals surface area contributed by atoms with Crippen LogP contribution in [-0.4, -0.2) is 66.2 Å². The number of piperazine rings is 1. The van der Waals surface area contributed by atoms with Crippen LogP contribution in [0.4, 0.5) is 5.69 Å². The van der Waals surface area contributed by atoms with E-state index >= 15 is 0 Å². The van der Waals surface area contributed by atoms with Crippen LogP contribution in [0.25, 0.3) is 0 Å². The Hall–Kier alpha value is -2.87. The molecule has 1 aromatic heterocycles. The summed E-state index contributed by atoms with van der Waals surface area (Å²) in [6, 6.07) is 10.2. The number of hydrogen-bond donors (Lipinski definition) is 3. The average Bonchev–Trinajstić information content (AvgIpc) is 3.17. The topological polar surface area (TPSA) is 93.4 Å². The fourth-order valence-electron chi connectivity index (χ4n) is 3.62. The first-order valence-corrected chi connectivity index (χ1v) is 9.35. The molecule has 8 nitrogen and oxygen atoms in total. The molecular formula is C19H24N6O2. The Kier molecular flexibility index (Phi) is 5.06. The molecule has 0 unspecified atom stereocenters. The maximum atomic E-state index is 12.5. The van der Waals surface area contributed by atoms with Crippen molar-refractivity contribution in [1.82, 2.24) is 25.7 Å². The van der Waals surface area contributed by atoms with Crippen molar-refractivity contribution in [2.75, 3.05) is 44.2 Å². The van der Waals surface area contributed by atoms with E-state index in [-0.39, 0.29) is 18.4 Å². The molecule has 142 valence electrons. The van der Waals surface area contributed by atoms with Gasteiger partial charge in [0.25, 0.3) is 5.91 Å². The average molecular weight is 368 g/mol. The molecule has 2 amide bonds. The van der Waals surface area contributed by atoms with E-state index < -0.39 is 0 Å². The number of nitrogens with one attached hydrogen (secondary N) is 3. The molecule has 0 spiro atoms. The molecule has 1 aromatic carbocycles. The number of aromatic amines is 1. The van der Waals surface area contributed by atoms with Gasteiger partial charge in [-0.1, -0.05) is 18.2 Å². The number of amides is 2. The molecular weight excluding hydrogens is 344 g/mol. The molecule has 1 fully saturated rings. The number of fused-ring (bicyclic) bond motifs is 1. The van der Waals surface area contributed by atoms with Crippen molar-refractivity contribution in [2.45, 2.75) is 13.0 Å². The van der Waals surface area contributed by atoms with Gasteiger partial charge in [0.05, 0.1) is 6.54 Å². The number of carbonyl (C=O) groups excluding carboxylic acids is 2. The third kappa shape index (κ3) is 3.80. The SMILES string of the molecule is O=C(NCC(=O)N1CCN(c2ccccc2)CC1)c1n[nH]c2c1CNCC2. The van der Waals surface area contributed by atoms with Gasteiger partial charge in [-0.05, 0) is 12.1 Å². The molecule has 1 saturated heterocycles. The van der Waals surface area contributed by atoms with E-state index in [1.165, 1.54) is 5.69 Å². The standard InChI is InChI=1S/C19H24N6O2/c26-17(25-10-8-24(9-11-25)14-4-2-1-3-5-14)13-21-19(27)18-15-12-20-7-6-16(15)22-23-18/h1-5,20H,6-13H2,(H,21,27)(H,22,23). The summed E-state index contributed by atoms with van der Waals surface area (Å²) in [6.45, 7) is 4.41. The number of hydrogen-bond acceptors (Lipinski definition) is 5. The van der Waals surface area contributed by atoms with Gasteiger partial charge in [-0.15, -0.1) is 0 Å². The number of carbonyl (C=O) groups is 2. The minimum Gasteiger partial charge on any atom is -0.368 e. The zero-order valence-corrected chi connectivity index (χ0v) is 15.2. The van der Waals surface area contributed by atoms with Crippen LogP contribution in [0.2, 0.25) is 0 Å². The fraction of sp³-hybridized carbons (Fsp3) is 0.421. The first kappa shape index (κ1) is 17.5. The highest BCUT2D eigenvalue weighted by molar-refractivity contribution is 5.96. The summed E-state index contributed by atoms with van der Waals surface area (Å²) in [6.07, 6.45) is 0.834. The zero-order chi connectivity index (χ0) is 18.6. The lowest BCUT2D eigenvalue weighted by Gasteiger charge is -2.36. The van der Waals surface area contributed by atoms with Crippen molar-refractivity contribution < 1.29 is 9.59 Å². The Labute approximate surface area is 157 Å². The minimum atomic E-state index is -0.299. The van der Waals surface area contributed by atoms with Crippen LogP contribution in [0.15, 0.2) is 30.3 Å². The second-order valence-electron chi connectivity index (χ2n) is 6.84. The monoisotopic (exact) mass is 368 g/mol. The largest absolute Gasteiger partial charge is 0.368 e. The molecule has 3 N–H and O–H groups in total. The fourth-order valence-corrected chi connectivity index (χ4v) is 3.62. The number of H-pyrrole nitrogens is 1. The van der Waals surface area contributed by atoms with Crippen LogP contribution in [0.1, 0.15) is 21.7 Å². The minimum absolute atomic E-state index is 0.000762. The van der Waals surface area contributed by atoms with Gasteiger partial charge in [-0.2, -0.15) is 5.10 Å². The Balaban J connectivity index is 1.28. The van der Waals surface area contributed by atoms with Gasteiger partial charge in [0, 0.05) is 62.6 Å². The molecule has 0 atom stereocenters. The Morgan fingerprint density at radius 3 is 2.67 bits per heavy atom. The highest BCUT2D eigenvalue weighted by Crippen LogP contribution is 2.16. The Morgan fingerprint density at radius 2 is 1.89 bits per heavy atom. The van der Waals surface area contributed by atoms with Gasteiger partial charge in [0.2, 0.25) is 5.91 Å². The molecule has 0 saturated carbocycles. The predicted octanol–water partition coefficient (Wildman–Crippen LogP) is 0.134. The van der Waals surface area contributed by atoms with E-state index in [2.05, 4.69) is 37.9 Å². The van der Waals surface area contributed by atoms with Gasteiger partial charge in [0.15, 0.2) is 5.69 Å². The zero-order valence-electron chi connectivity index (χ0n) is 15.2. The quantitative estimate of drug-likeness (QED) is 0.714. The maximum absolute atomic E-state index is 12.5. The van der Waals surface area contributed by atoms with E-state index in [0.717, 1.165) is 37.3 Å². The Bertz CT molecular complexity index is 811. The summed E-state index contributed by atoms with van der Waals surface area (Å²) >= 11 is 0. The smallest absolute Gasteiger partial charge is 0.272 e.